The molecule has 2 aromatic carbocycles. The minimum atomic E-state index is -0.0208. The van der Waals surface area contributed by atoms with Crippen molar-refractivity contribution in [3.63, 3.8) is 0 Å². The Morgan fingerprint density at radius 2 is 1.87 bits per heavy atom. The lowest BCUT2D eigenvalue weighted by Crippen LogP contribution is -2.37. The molecule has 1 saturated heterocycles. The highest BCUT2D eigenvalue weighted by molar-refractivity contribution is 6.03. The van der Waals surface area contributed by atoms with Crippen molar-refractivity contribution in [1.29, 1.82) is 0 Å². The van der Waals surface area contributed by atoms with Crippen molar-refractivity contribution >= 4 is 22.8 Å². The lowest BCUT2D eigenvalue weighted by atomic mass is 9.96. The highest BCUT2D eigenvalue weighted by Crippen LogP contribution is 2.39. The molecule has 0 saturated carbocycles. The van der Waals surface area contributed by atoms with Gasteiger partial charge in [-0.25, -0.2) is 9.97 Å². The molecule has 2 N–H and O–H groups in total. The van der Waals surface area contributed by atoms with Gasteiger partial charge in [0, 0.05) is 30.6 Å². The molecule has 0 aliphatic carbocycles. The highest BCUT2D eigenvalue weighted by atomic mass is 16.5. The number of amides is 1. The molecular formula is C32H33N5O2. The number of aryl methyl sites for hydroxylation is 1. The van der Waals surface area contributed by atoms with Crippen molar-refractivity contribution in [1.82, 2.24) is 19.4 Å². The fourth-order valence-electron chi connectivity index (χ4n) is 5.11. The van der Waals surface area contributed by atoms with Gasteiger partial charge in [-0.15, -0.1) is 0 Å². The Bertz CT molecular complexity index is 1580. The standard InChI is InChI=1S/C32H33N5O2/c1-5-28(38)36-17-15-23(16-18-36)9-14-27-29(30-31(33)34-20-35-32(30)37(27)21(2)3)24-10-12-25(13-11-24)39-26-8-6-7-22(4)19-26/h5-8,10-13,19-21,23H,1,15-18H2,2-4H3,(H2,33,34,35). The van der Waals surface area contributed by atoms with Crippen LogP contribution in [0.3, 0.4) is 0 Å². The normalized spacial score (nSPS) is 13.8. The molecule has 1 aliphatic heterocycles. The molecule has 2 aromatic heterocycles. The monoisotopic (exact) mass is 519 g/mol. The Labute approximate surface area is 229 Å². The number of nitrogens with zero attached hydrogens (tertiary/aromatic N) is 4. The molecule has 0 bridgehead atoms. The second-order valence-electron chi connectivity index (χ2n) is 10.2. The number of fused-ring (bicyclic) bond motifs is 1. The first kappa shape index (κ1) is 26.1. The van der Waals surface area contributed by atoms with Gasteiger partial charge >= 0.3 is 0 Å². The van der Waals surface area contributed by atoms with Gasteiger partial charge in [-0.2, -0.15) is 0 Å². The Hall–Kier alpha value is -4.57. The topological polar surface area (TPSA) is 86.3 Å². The van der Waals surface area contributed by atoms with E-state index in [1.54, 1.807) is 0 Å². The molecule has 7 heteroatoms. The van der Waals surface area contributed by atoms with Gasteiger partial charge in [-0.05, 0) is 81.0 Å². The van der Waals surface area contributed by atoms with E-state index >= 15 is 0 Å². The van der Waals surface area contributed by atoms with Crippen LogP contribution < -0.4 is 10.5 Å². The molecule has 1 aliphatic rings. The third-order valence-corrected chi connectivity index (χ3v) is 7.07. The van der Waals surface area contributed by atoms with E-state index in [0.29, 0.717) is 18.9 Å². The van der Waals surface area contributed by atoms with Gasteiger partial charge in [-0.3, -0.25) is 4.79 Å². The second kappa shape index (κ2) is 11.0. The van der Waals surface area contributed by atoms with Crippen LogP contribution in [0, 0.1) is 24.7 Å². The Morgan fingerprint density at radius 3 is 2.54 bits per heavy atom. The van der Waals surface area contributed by atoms with Gasteiger partial charge < -0.3 is 19.9 Å². The van der Waals surface area contributed by atoms with E-state index in [0.717, 1.165) is 57.8 Å². The average Bonchev–Trinajstić information content (AvgIpc) is 3.28. The van der Waals surface area contributed by atoms with Crippen molar-refractivity contribution in [2.75, 3.05) is 18.8 Å². The number of benzene rings is 2. The first-order valence-corrected chi connectivity index (χ1v) is 13.3. The molecule has 4 aromatic rings. The van der Waals surface area contributed by atoms with Crippen LogP contribution in [0.1, 0.15) is 44.0 Å². The smallest absolute Gasteiger partial charge is 0.245 e. The lowest BCUT2D eigenvalue weighted by Gasteiger charge is -2.28. The van der Waals surface area contributed by atoms with Crippen molar-refractivity contribution < 1.29 is 9.53 Å². The number of anilines is 1. The van der Waals surface area contributed by atoms with Crippen molar-refractivity contribution in [3.05, 3.63) is 78.8 Å². The lowest BCUT2D eigenvalue weighted by molar-refractivity contribution is -0.127. The van der Waals surface area contributed by atoms with Gasteiger partial charge in [0.25, 0.3) is 0 Å². The number of hydrogen-bond donors (Lipinski definition) is 1. The largest absolute Gasteiger partial charge is 0.457 e. The molecule has 7 nitrogen and oxygen atoms in total. The zero-order valence-corrected chi connectivity index (χ0v) is 22.6. The molecule has 198 valence electrons. The van der Waals surface area contributed by atoms with Crippen LogP contribution in [0.15, 0.2) is 67.5 Å². The molecule has 5 rings (SSSR count). The van der Waals surface area contributed by atoms with Crippen LogP contribution in [0.5, 0.6) is 11.5 Å². The summed E-state index contributed by atoms with van der Waals surface area (Å²) in [5.41, 5.74) is 11.1. The number of aromatic nitrogens is 3. The summed E-state index contributed by atoms with van der Waals surface area (Å²) in [5, 5.41) is 0.800. The first-order chi connectivity index (χ1) is 18.9. The second-order valence-corrected chi connectivity index (χ2v) is 10.2. The maximum Gasteiger partial charge on any atom is 0.245 e. The summed E-state index contributed by atoms with van der Waals surface area (Å²) in [6.07, 6.45) is 4.54. The van der Waals surface area contributed by atoms with Crippen LogP contribution in [0.25, 0.3) is 22.2 Å². The zero-order valence-electron chi connectivity index (χ0n) is 22.6. The summed E-state index contributed by atoms with van der Waals surface area (Å²) >= 11 is 0. The van der Waals surface area contributed by atoms with E-state index in [9.17, 15) is 4.79 Å². The van der Waals surface area contributed by atoms with Crippen LogP contribution >= 0.6 is 0 Å². The van der Waals surface area contributed by atoms with E-state index in [1.165, 1.54) is 12.4 Å². The summed E-state index contributed by atoms with van der Waals surface area (Å²) in [6.45, 7) is 11.2. The molecule has 3 heterocycles. The quantitative estimate of drug-likeness (QED) is 0.253. The summed E-state index contributed by atoms with van der Waals surface area (Å²) in [4.78, 5) is 22.7. The minimum absolute atomic E-state index is 0.0208. The van der Waals surface area contributed by atoms with Crippen molar-refractivity contribution in [2.45, 2.75) is 39.7 Å². The third kappa shape index (κ3) is 5.37. The molecule has 0 spiro atoms. The van der Waals surface area contributed by atoms with Crippen molar-refractivity contribution in [2.24, 2.45) is 5.92 Å². The van der Waals surface area contributed by atoms with E-state index in [4.69, 9.17) is 10.5 Å². The van der Waals surface area contributed by atoms with Gasteiger partial charge in [-0.1, -0.05) is 36.8 Å². The number of ether oxygens (including phenoxy) is 1. The van der Waals surface area contributed by atoms with Crippen molar-refractivity contribution in [3.8, 4) is 34.5 Å². The average molecular weight is 520 g/mol. The first-order valence-electron chi connectivity index (χ1n) is 13.3. The molecular weight excluding hydrogens is 486 g/mol. The molecule has 0 radical (unpaired) electrons. The van der Waals surface area contributed by atoms with Crippen LogP contribution in [0.4, 0.5) is 5.82 Å². The van der Waals surface area contributed by atoms with Gasteiger partial charge in [0.2, 0.25) is 5.91 Å². The number of hydrogen-bond acceptors (Lipinski definition) is 5. The van der Waals surface area contributed by atoms with E-state index < -0.39 is 0 Å². The van der Waals surface area contributed by atoms with E-state index in [1.807, 2.05) is 60.4 Å². The molecule has 0 atom stereocenters. The van der Waals surface area contributed by atoms with E-state index in [-0.39, 0.29) is 17.9 Å². The number of carbonyl (C=O) groups is 1. The molecule has 0 unspecified atom stereocenters. The molecule has 1 fully saturated rings. The maximum atomic E-state index is 12.0. The van der Waals surface area contributed by atoms with Crippen LogP contribution in [-0.4, -0.2) is 38.4 Å². The fourth-order valence-corrected chi connectivity index (χ4v) is 5.11. The Kier molecular flexibility index (Phi) is 7.38. The predicted molar refractivity (Wildman–Crippen MR) is 155 cm³/mol. The van der Waals surface area contributed by atoms with Crippen LogP contribution in [0.2, 0.25) is 0 Å². The number of carbonyl (C=O) groups excluding carboxylic acids is 1. The van der Waals surface area contributed by atoms with Gasteiger partial charge in [0.15, 0.2) is 0 Å². The third-order valence-electron chi connectivity index (χ3n) is 7.07. The molecule has 39 heavy (non-hydrogen) atoms. The Balaban J connectivity index is 1.54. The zero-order chi connectivity index (χ0) is 27.5. The summed E-state index contributed by atoms with van der Waals surface area (Å²) in [7, 11) is 0. The summed E-state index contributed by atoms with van der Waals surface area (Å²) < 4.78 is 8.22. The van der Waals surface area contributed by atoms with Gasteiger partial charge in [0.1, 0.15) is 35.0 Å². The van der Waals surface area contributed by atoms with E-state index in [2.05, 4.69) is 46.8 Å². The summed E-state index contributed by atoms with van der Waals surface area (Å²) in [5.74, 6) is 9.14. The summed E-state index contributed by atoms with van der Waals surface area (Å²) in [6, 6.07) is 16.1. The SMILES string of the molecule is C=CC(=O)N1CCC(C#Cc2c(-c3ccc(Oc4cccc(C)c4)cc3)c3c(N)ncnc3n2C(C)C)CC1. The number of likely N-dealkylation sites (tertiary alicyclic amines) is 1. The number of nitrogens with two attached hydrogens (primary N) is 1. The fraction of sp³-hybridized carbons (Fsp3) is 0.281. The minimum Gasteiger partial charge on any atom is -0.457 e. The Morgan fingerprint density at radius 1 is 1.13 bits per heavy atom. The number of nitrogen functional groups attached to an aromatic ring is 1. The van der Waals surface area contributed by atoms with Gasteiger partial charge in [0.05, 0.1) is 5.39 Å². The van der Waals surface area contributed by atoms with Crippen LogP contribution in [-0.2, 0) is 4.79 Å². The number of rotatable bonds is 5. The maximum absolute atomic E-state index is 12.0. The molecule has 1 amide bonds. The highest BCUT2D eigenvalue weighted by Gasteiger charge is 2.24. The predicted octanol–water partition coefficient (Wildman–Crippen LogP) is 6.14. The number of piperidine rings is 1.